The van der Waals surface area contributed by atoms with Gasteiger partial charge in [0.25, 0.3) is 0 Å². The zero-order chi connectivity index (χ0) is 15.1. The molecular weight excluding hydrogens is 291 g/mol. The minimum absolute atomic E-state index is 0.269. The van der Waals surface area contributed by atoms with Gasteiger partial charge in [-0.05, 0) is 35.9 Å². The number of halogens is 2. The van der Waals surface area contributed by atoms with Crippen molar-refractivity contribution in [2.24, 2.45) is 5.73 Å². The van der Waals surface area contributed by atoms with Crippen molar-refractivity contribution in [1.82, 2.24) is 5.32 Å². The van der Waals surface area contributed by atoms with Crippen LogP contribution in [0.15, 0.2) is 42.5 Å². The summed E-state index contributed by atoms with van der Waals surface area (Å²) < 4.78 is 18.8. The molecule has 0 atom stereocenters. The molecule has 0 amide bonds. The quantitative estimate of drug-likeness (QED) is 0.773. The molecular formula is C16H18ClFN2O. The van der Waals surface area contributed by atoms with E-state index in [9.17, 15) is 4.39 Å². The summed E-state index contributed by atoms with van der Waals surface area (Å²) in [7, 11) is 0. The molecule has 0 heterocycles. The van der Waals surface area contributed by atoms with Gasteiger partial charge in [0.2, 0.25) is 0 Å². The van der Waals surface area contributed by atoms with Crippen LogP contribution in [0.25, 0.3) is 11.1 Å². The highest BCUT2D eigenvalue weighted by Gasteiger charge is 2.07. The van der Waals surface area contributed by atoms with Crippen molar-refractivity contribution in [1.29, 1.82) is 0 Å². The molecule has 112 valence electrons. The van der Waals surface area contributed by atoms with Gasteiger partial charge >= 0.3 is 0 Å². The van der Waals surface area contributed by atoms with Gasteiger partial charge in [0.15, 0.2) is 0 Å². The van der Waals surface area contributed by atoms with Crippen molar-refractivity contribution in [2.45, 2.75) is 0 Å². The summed E-state index contributed by atoms with van der Waals surface area (Å²) in [5, 5.41) is 3.77. The topological polar surface area (TPSA) is 47.3 Å². The van der Waals surface area contributed by atoms with E-state index in [1.807, 2.05) is 12.1 Å². The Hall–Kier alpha value is -1.62. The zero-order valence-corrected chi connectivity index (χ0v) is 12.4. The molecule has 0 aliphatic heterocycles. The maximum absolute atomic E-state index is 13.0. The maximum Gasteiger partial charge on any atom is 0.127 e. The van der Waals surface area contributed by atoms with Crippen LogP contribution in [-0.4, -0.2) is 26.2 Å². The molecule has 21 heavy (non-hydrogen) atoms. The van der Waals surface area contributed by atoms with Crippen LogP contribution in [0.1, 0.15) is 0 Å². The van der Waals surface area contributed by atoms with Crippen molar-refractivity contribution in [3.05, 3.63) is 53.3 Å². The van der Waals surface area contributed by atoms with E-state index in [4.69, 9.17) is 22.1 Å². The van der Waals surface area contributed by atoms with Gasteiger partial charge in [-0.2, -0.15) is 0 Å². The molecule has 0 unspecified atom stereocenters. The van der Waals surface area contributed by atoms with Gasteiger partial charge in [0, 0.05) is 30.2 Å². The van der Waals surface area contributed by atoms with Crippen LogP contribution in [0.5, 0.6) is 5.75 Å². The van der Waals surface area contributed by atoms with Crippen molar-refractivity contribution in [2.75, 3.05) is 26.2 Å². The number of rotatable bonds is 7. The smallest absolute Gasteiger partial charge is 0.127 e. The SMILES string of the molecule is NCCNCCOc1ccc(Cl)cc1-c1ccc(F)cc1. The molecule has 2 rings (SSSR count). The minimum Gasteiger partial charge on any atom is -0.492 e. The van der Waals surface area contributed by atoms with Gasteiger partial charge in [0.1, 0.15) is 18.2 Å². The average molecular weight is 309 g/mol. The molecule has 2 aromatic rings. The normalized spacial score (nSPS) is 10.6. The molecule has 2 aromatic carbocycles. The van der Waals surface area contributed by atoms with Crippen LogP contribution in [0.2, 0.25) is 5.02 Å². The number of nitrogens with one attached hydrogen (secondary N) is 1. The van der Waals surface area contributed by atoms with Gasteiger partial charge in [0.05, 0.1) is 0 Å². The van der Waals surface area contributed by atoms with Crippen molar-refractivity contribution < 1.29 is 9.13 Å². The molecule has 3 N–H and O–H groups in total. The largest absolute Gasteiger partial charge is 0.492 e. The van der Waals surface area contributed by atoms with E-state index in [2.05, 4.69) is 5.32 Å². The predicted octanol–water partition coefficient (Wildman–Crippen LogP) is 3.07. The van der Waals surface area contributed by atoms with E-state index in [1.54, 1.807) is 18.2 Å². The van der Waals surface area contributed by atoms with Crippen LogP contribution < -0.4 is 15.8 Å². The lowest BCUT2D eigenvalue weighted by Gasteiger charge is -2.12. The summed E-state index contributed by atoms with van der Waals surface area (Å²) in [5.41, 5.74) is 7.12. The van der Waals surface area contributed by atoms with E-state index >= 15 is 0 Å². The Morgan fingerprint density at radius 3 is 2.57 bits per heavy atom. The van der Waals surface area contributed by atoms with Crippen LogP contribution in [0.3, 0.4) is 0 Å². The molecule has 3 nitrogen and oxygen atoms in total. The lowest BCUT2D eigenvalue weighted by molar-refractivity contribution is 0.316. The Balaban J connectivity index is 2.12. The fourth-order valence-electron chi connectivity index (χ4n) is 1.94. The van der Waals surface area contributed by atoms with Gasteiger partial charge < -0.3 is 15.8 Å². The first-order chi connectivity index (χ1) is 10.2. The van der Waals surface area contributed by atoms with Crippen LogP contribution in [-0.2, 0) is 0 Å². The van der Waals surface area contributed by atoms with Crippen LogP contribution in [0.4, 0.5) is 4.39 Å². The first-order valence-electron chi connectivity index (χ1n) is 6.80. The molecule has 0 saturated carbocycles. The fourth-order valence-corrected chi connectivity index (χ4v) is 2.12. The van der Waals surface area contributed by atoms with Gasteiger partial charge in [-0.3, -0.25) is 0 Å². The van der Waals surface area contributed by atoms with E-state index in [0.29, 0.717) is 24.7 Å². The molecule has 0 spiro atoms. The summed E-state index contributed by atoms with van der Waals surface area (Å²) in [5.74, 6) is 0.454. The third-order valence-electron chi connectivity index (χ3n) is 2.95. The first-order valence-corrected chi connectivity index (χ1v) is 7.17. The van der Waals surface area contributed by atoms with Crippen molar-refractivity contribution in [3.8, 4) is 16.9 Å². The molecule has 5 heteroatoms. The third kappa shape index (κ3) is 4.70. The van der Waals surface area contributed by atoms with Crippen molar-refractivity contribution in [3.63, 3.8) is 0 Å². The summed E-state index contributed by atoms with van der Waals surface area (Å²) >= 11 is 6.04. The van der Waals surface area contributed by atoms with Gasteiger partial charge in [-0.1, -0.05) is 23.7 Å². The lowest BCUT2D eigenvalue weighted by Crippen LogP contribution is -2.26. The highest BCUT2D eigenvalue weighted by atomic mass is 35.5. The number of ether oxygens (including phenoxy) is 1. The number of hydrogen-bond donors (Lipinski definition) is 2. The second-order valence-corrected chi connectivity index (χ2v) is 4.97. The highest BCUT2D eigenvalue weighted by Crippen LogP contribution is 2.32. The van der Waals surface area contributed by atoms with E-state index in [1.165, 1.54) is 12.1 Å². The number of benzene rings is 2. The van der Waals surface area contributed by atoms with E-state index in [0.717, 1.165) is 23.4 Å². The average Bonchev–Trinajstić information content (AvgIpc) is 2.49. The standard InChI is InChI=1S/C16H18ClFN2O/c17-13-3-6-16(21-10-9-20-8-7-19)15(11-13)12-1-4-14(18)5-2-12/h1-6,11,20H,7-10,19H2. The second kappa shape index (κ2) is 7.98. The van der Waals surface area contributed by atoms with Crippen LogP contribution in [0, 0.1) is 5.82 Å². The summed E-state index contributed by atoms with van der Waals surface area (Å²) in [6.07, 6.45) is 0. The summed E-state index contributed by atoms with van der Waals surface area (Å²) in [6, 6.07) is 11.7. The van der Waals surface area contributed by atoms with E-state index in [-0.39, 0.29) is 5.82 Å². The fraction of sp³-hybridized carbons (Fsp3) is 0.250. The van der Waals surface area contributed by atoms with Gasteiger partial charge in [-0.25, -0.2) is 4.39 Å². The zero-order valence-electron chi connectivity index (χ0n) is 11.6. The Labute approximate surface area is 128 Å². The highest BCUT2D eigenvalue weighted by molar-refractivity contribution is 6.31. The Morgan fingerprint density at radius 1 is 1.10 bits per heavy atom. The maximum atomic E-state index is 13.0. The minimum atomic E-state index is -0.269. The molecule has 0 aliphatic rings. The monoisotopic (exact) mass is 308 g/mol. The predicted molar refractivity (Wildman–Crippen MR) is 84.3 cm³/mol. The molecule has 0 radical (unpaired) electrons. The molecule has 0 saturated heterocycles. The lowest BCUT2D eigenvalue weighted by atomic mass is 10.0. The molecule has 0 fully saturated rings. The molecule has 0 aromatic heterocycles. The van der Waals surface area contributed by atoms with Crippen molar-refractivity contribution >= 4 is 11.6 Å². The number of nitrogens with two attached hydrogens (primary N) is 1. The first kappa shape index (κ1) is 15.8. The Bertz CT molecular complexity index is 575. The number of hydrogen-bond acceptors (Lipinski definition) is 3. The summed E-state index contributed by atoms with van der Waals surface area (Å²) in [4.78, 5) is 0. The van der Waals surface area contributed by atoms with Crippen LogP contribution >= 0.6 is 11.6 Å². The van der Waals surface area contributed by atoms with E-state index < -0.39 is 0 Å². The summed E-state index contributed by atoms with van der Waals surface area (Å²) in [6.45, 7) is 2.59. The van der Waals surface area contributed by atoms with Gasteiger partial charge in [-0.15, -0.1) is 0 Å². The Morgan fingerprint density at radius 2 is 1.86 bits per heavy atom. The Kier molecular flexibility index (Phi) is 5.99. The molecule has 0 aliphatic carbocycles. The second-order valence-electron chi connectivity index (χ2n) is 4.53. The molecule has 0 bridgehead atoms. The third-order valence-corrected chi connectivity index (χ3v) is 3.19.